The molecule has 1 aromatic rings. The van der Waals surface area contributed by atoms with Gasteiger partial charge in [0, 0.05) is 25.7 Å². The van der Waals surface area contributed by atoms with Crippen LogP contribution in [0.5, 0.6) is 5.75 Å². The summed E-state index contributed by atoms with van der Waals surface area (Å²) in [6, 6.07) is 8.67. The second-order valence-electron chi connectivity index (χ2n) is 4.66. The number of likely N-dealkylation sites (N-methyl/N-ethyl adjacent to an activating group) is 1. The smallest absolute Gasteiger partial charge is 0.118 e. The predicted octanol–water partition coefficient (Wildman–Crippen LogP) is 2.05. The van der Waals surface area contributed by atoms with Crippen molar-refractivity contribution >= 4 is 0 Å². The topological polar surface area (TPSA) is 47.7 Å². The number of rotatable bonds is 8. The average molecular weight is 266 g/mol. The normalized spacial score (nSPS) is 14.4. The quantitative estimate of drug-likeness (QED) is 0.782. The van der Waals surface area contributed by atoms with Crippen LogP contribution in [0.1, 0.15) is 25.5 Å². The van der Waals surface area contributed by atoms with Gasteiger partial charge in [0.05, 0.1) is 13.7 Å². The molecule has 1 rings (SSSR count). The van der Waals surface area contributed by atoms with Gasteiger partial charge in [-0.2, -0.15) is 0 Å². The van der Waals surface area contributed by atoms with E-state index in [9.17, 15) is 0 Å². The minimum absolute atomic E-state index is 0.209. The number of hydrogen-bond acceptors (Lipinski definition) is 4. The summed E-state index contributed by atoms with van der Waals surface area (Å²) < 4.78 is 10.4. The first-order chi connectivity index (χ1) is 9.17. The molecule has 4 nitrogen and oxygen atoms in total. The van der Waals surface area contributed by atoms with Gasteiger partial charge in [-0.15, -0.1) is 0 Å². The van der Waals surface area contributed by atoms with Gasteiger partial charge in [0.25, 0.3) is 0 Å². The summed E-state index contributed by atoms with van der Waals surface area (Å²) in [5, 5.41) is 0. The fourth-order valence-electron chi connectivity index (χ4n) is 2.47. The third kappa shape index (κ3) is 4.20. The third-order valence-corrected chi connectivity index (χ3v) is 3.46. The van der Waals surface area contributed by atoms with Crippen LogP contribution in [0, 0.1) is 0 Å². The second kappa shape index (κ2) is 8.15. The summed E-state index contributed by atoms with van der Waals surface area (Å²) >= 11 is 0. The molecule has 2 atom stereocenters. The van der Waals surface area contributed by atoms with Gasteiger partial charge < -0.3 is 15.2 Å². The van der Waals surface area contributed by atoms with Gasteiger partial charge in [0.15, 0.2) is 0 Å². The van der Waals surface area contributed by atoms with Crippen molar-refractivity contribution < 1.29 is 9.47 Å². The zero-order valence-corrected chi connectivity index (χ0v) is 12.4. The highest BCUT2D eigenvalue weighted by Crippen LogP contribution is 2.24. The van der Waals surface area contributed by atoms with Gasteiger partial charge in [-0.1, -0.05) is 19.1 Å². The van der Waals surface area contributed by atoms with Gasteiger partial charge in [0.1, 0.15) is 5.75 Å². The molecule has 0 amide bonds. The maximum atomic E-state index is 5.97. The van der Waals surface area contributed by atoms with Crippen LogP contribution < -0.4 is 10.5 Å². The van der Waals surface area contributed by atoms with Crippen LogP contribution in [0.15, 0.2) is 24.3 Å². The van der Waals surface area contributed by atoms with Gasteiger partial charge in [-0.3, -0.25) is 4.90 Å². The molecule has 19 heavy (non-hydrogen) atoms. The molecule has 2 unspecified atom stereocenters. The molecule has 2 N–H and O–H groups in total. The molecular formula is C15H26N2O2. The van der Waals surface area contributed by atoms with Gasteiger partial charge >= 0.3 is 0 Å². The number of benzene rings is 1. The van der Waals surface area contributed by atoms with Crippen molar-refractivity contribution in [2.75, 3.05) is 33.9 Å². The lowest BCUT2D eigenvalue weighted by molar-refractivity contribution is 0.0751. The summed E-state index contributed by atoms with van der Waals surface area (Å²) in [6.07, 6.45) is 0. The van der Waals surface area contributed by atoms with Crippen LogP contribution in [0.2, 0.25) is 0 Å². The Labute approximate surface area is 116 Å². The molecule has 0 aromatic heterocycles. The lowest BCUT2D eigenvalue weighted by Gasteiger charge is -2.35. The van der Waals surface area contributed by atoms with E-state index in [0.29, 0.717) is 19.2 Å². The Balaban J connectivity index is 2.89. The maximum absolute atomic E-state index is 5.97. The highest BCUT2D eigenvalue weighted by Gasteiger charge is 2.22. The first kappa shape index (κ1) is 16.0. The van der Waals surface area contributed by atoms with Crippen molar-refractivity contribution in [1.82, 2.24) is 4.90 Å². The van der Waals surface area contributed by atoms with Crippen LogP contribution in [-0.4, -0.2) is 44.9 Å². The van der Waals surface area contributed by atoms with E-state index in [1.807, 2.05) is 12.1 Å². The molecule has 0 heterocycles. The molecule has 1 aromatic carbocycles. The maximum Gasteiger partial charge on any atom is 0.118 e. The van der Waals surface area contributed by atoms with E-state index >= 15 is 0 Å². The monoisotopic (exact) mass is 266 g/mol. The Hall–Kier alpha value is -1.10. The predicted molar refractivity (Wildman–Crippen MR) is 78.5 cm³/mol. The van der Waals surface area contributed by atoms with E-state index < -0.39 is 0 Å². The van der Waals surface area contributed by atoms with E-state index in [2.05, 4.69) is 30.9 Å². The molecule has 0 saturated heterocycles. The van der Waals surface area contributed by atoms with Crippen molar-refractivity contribution in [3.05, 3.63) is 29.8 Å². The van der Waals surface area contributed by atoms with Crippen molar-refractivity contribution in [3.63, 3.8) is 0 Å². The molecule has 0 saturated carbocycles. The molecule has 0 aliphatic carbocycles. The molecular weight excluding hydrogens is 240 g/mol. The van der Waals surface area contributed by atoms with E-state index in [1.165, 1.54) is 5.56 Å². The Kier molecular flexibility index (Phi) is 6.84. The van der Waals surface area contributed by atoms with Crippen LogP contribution in [0.3, 0.4) is 0 Å². The van der Waals surface area contributed by atoms with E-state index in [4.69, 9.17) is 15.2 Å². The van der Waals surface area contributed by atoms with Crippen LogP contribution >= 0.6 is 0 Å². The summed E-state index contributed by atoms with van der Waals surface area (Å²) in [7, 11) is 3.41. The standard InChI is InChI=1S/C15H26N2O2/c1-5-17(12(2)11-18-3)15(10-16)13-6-8-14(19-4)9-7-13/h6-9,12,15H,5,10-11,16H2,1-4H3. The van der Waals surface area contributed by atoms with Crippen molar-refractivity contribution in [2.24, 2.45) is 5.73 Å². The molecule has 0 spiro atoms. The van der Waals surface area contributed by atoms with E-state index in [1.54, 1.807) is 14.2 Å². The molecule has 0 aliphatic heterocycles. The number of methoxy groups -OCH3 is 2. The Morgan fingerprint density at radius 1 is 1.21 bits per heavy atom. The van der Waals surface area contributed by atoms with Crippen molar-refractivity contribution in [2.45, 2.75) is 25.9 Å². The van der Waals surface area contributed by atoms with Gasteiger partial charge in [-0.25, -0.2) is 0 Å². The average Bonchev–Trinajstić information content (AvgIpc) is 2.45. The lowest BCUT2D eigenvalue weighted by Crippen LogP contribution is -2.42. The highest BCUT2D eigenvalue weighted by atomic mass is 16.5. The van der Waals surface area contributed by atoms with Crippen molar-refractivity contribution in [1.29, 1.82) is 0 Å². The summed E-state index contributed by atoms with van der Waals surface area (Å²) in [4.78, 5) is 2.37. The van der Waals surface area contributed by atoms with E-state index in [0.717, 1.165) is 12.3 Å². The first-order valence-corrected chi connectivity index (χ1v) is 6.76. The zero-order valence-electron chi connectivity index (χ0n) is 12.4. The summed E-state index contributed by atoms with van der Waals surface area (Å²) in [5.41, 5.74) is 7.19. The third-order valence-electron chi connectivity index (χ3n) is 3.46. The largest absolute Gasteiger partial charge is 0.497 e. The molecule has 108 valence electrons. The minimum atomic E-state index is 0.209. The Morgan fingerprint density at radius 3 is 2.26 bits per heavy atom. The van der Waals surface area contributed by atoms with Crippen LogP contribution in [0.4, 0.5) is 0 Å². The SMILES string of the molecule is CCN(C(C)COC)C(CN)c1ccc(OC)cc1. The molecule has 0 bridgehead atoms. The number of nitrogens with two attached hydrogens (primary N) is 1. The zero-order chi connectivity index (χ0) is 14.3. The van der Waals surface area contributed by atoms with Gasteiger partial charge in [-0.05, 0) is 31.2 Å². The lowest BCUT2D eigenvalue weighted by atomic mass is 10.0. The van der Waals surface area contributed by atoms with Gasteiger partial charge in [0.2, 0.25) is 0 Å². The summed E-state index contributed by atoms with van der Waals surface area (Å²) in [6.45, 7) is 6.56. The Morgan fingerprint density at radius 2 is 1.84 bits per heavy atom. The van der Waals surface area contributed by atoms with Crippen LogP contribution in [0.25, 0.3) is 0 Å². The number of hydrogen-bond donors (Lipinski definition) is 1. The number of nitrogens with zero attached hydrogens (tertiary/aromatic N) is 1. The Bertz CT molecular complexity index is 354. The fraction of sp³-hybridized carbons (Fsp3) is 0.600. The highest BCUT2D eigenvalue weighted by molar-refractivity contribution is 5.29. The van der Waals surface area contributed by atoms with Crippen molar-refractivity contribution in [3.8, 4) is 5.75 Å². The molecule has 0 fully saturated rings. The van der Waals surface area contributed by atoms with E-state index in [-0.39, 0.29) is 6.04 Å². The first-order valence-electron chi connectivity index (χ1n) is 6.76. The summed E-state index contributed by atoms with van der Waals surface area (Å²) in [5.74, 6) is 0.868. The molecule has 0 radical (unpaired) electrons. The molecule has 0 aliphatic rings. The molecule has 4 heteroatoms. The minimum Gasteiger partial charge on any atom is -0.497 e. The van der Waals surface area contributed by atoms with Crippen LogP contribution in [-0.2, 0) is 4.74 Å². The second-order valence-corrected chi connectivity index (χ2v) is 4.66. The fourth-order valence-corrected chi connectivity index (χ4v) is 2.47. The number of ether oxygens (including phenoxy) is 2.